The maximum Gasteiger partial charge on any atom is 0.251 e. The molecule has 5 rings (SSSR count). The molecule has 0 aliphatic carbocycles. The quantitative estimate of drug-likeness (QED) is 0.278. The van der Waals surface area contributed by atoms with E-state index < -0.39 is 33.4 Å². The first-order valence-electron chi connectivity index (χ1n) is 15.6. The first-order valence-corrected chi connectivity index (χ1v) is 16.8. The van der Waals surface area contributed by atoms with E-state index in [-0.39, 0.29) is 37.4 Å². The summed E-state index contributed by atoms with van der Waals surface area (Å²) in [4.78, 5) is 49.1. The average molecular weight is 652 g/mol. The van der Waals surface area contributed by atoms with Gasteiger partial charge in [-0.05, 0) is 81.6 Å². The predicted octanol–water partition coefficient (Wildman–Crippen LogP) is 5.73. The van der Waals surface area contributed by atoms with Gasteiger partial charge in [0.05, 0.1) is 35.8 Å². The SMILES string of the molecule is C=CCN(C(=O)C1N([C@@H](CC)CO)C(=O)[C@@H]2[C@@H](C(=O)N(CC=C)c3ccc(OCC)cc3)[C@@]3(C)CCC12S3)c1ccc(Cl)cc1. The largest absolute Gasteiger partial charge is 0.494 e. The lowest BCUT2D eigenvalue weighted by Crippen LogP contribution is -2.57. The second-order valence-electron chi connectivity index (χ2n) is 12.1. The van der Waals surface area contributed by atoms with Crippen LogP contribution in [0.3, 0.4) is 0 Å². The molecule has 0 saturated carbocycles. The zero-order valence-electron chi connectivity index (χ0n) is 26.2. The fourth-order valence-electron chi connectivity index (χ4n) is 7.56. The number of nitrogens with zero attached hydrogens (tertiary/aromatic N) is 3. The van der Waals surface area contributed by atoms with Crippen LogP contribution in [-0.4, -0.2) is 75.6 Å². The maximum atomic E-state index is 14.8. The lowest BCUT2D eigenvalue weighted by Gasteiger charge is -2.39. The van der Waals surface area contributed by atoms with Crippen LogP contribution >= 0.6 is 23.4 Å². The van der Waals surface area contributed by atoms with E-state index in [1.165, 1.54) is 0 Å². The molecule has 3 amide bonds. The highest BCUT2D eigenvalue weighted by Crippen LogP contribution is 2.72. The van der Waals surface area contributed by atoms with E-state index in [1.54, 1.807) is 62.9 Å². The van der Waals surface area contributed by atoms with Gasteiger partial charge in [0.2, 0.25) is 11.8 Å². The monoisotopic (exact) mass is 651 g/mol. The predicted molar refractivity (Wildman–Crippen MR) is 181 cm³/mol. The number of carbonyl (C=O) groups excluding carboxylic acids is 3. The molecule has 3 fully saturated rings. The van der Waals surface area contributed by atoms with Crippen LogP contribution in [0.5, 0.6) is 5.75 Å². The van der Waals surface area contributed by atoms with E-state index in [0.717, 1.165) is 0 Å². The molecule has 6 atom stereocenters. The topological polar surface area (TPSA) is 90.4 Å². The summed E-state index contributed by atoms with van der Waals surface area (Å²) in [5, 5.41) is 11.0. The van der Waals surface area contributed by atoms with E-state index in [4.69, 9.17) is 16.3 Å². The Kier molecular flexibility index (Phi) is 9.73. The summed E-state index contributed by atoms with van der Waals surface area (Å²) in [6.45, 7) is 14.4. The molecule has 8 nitrogen and oxygen atoms in total. The number of anilines is 2. The van der Waals surface area contributed by atoms with Crippen molar-refractivity contribution >= 4 is 52.5 Å². The highest BCUT2D eigenvalue weighted by atomic mass is 35.5. The van der Waals surface area contributed by atoms with Gasteiger partial charge in [-0.25, -0.2) is 0 Å². The Hall–Kier alpha value is -3.27. The Morgan fingerprint density at radius 2 is 1.62 bits per heavy atom. The molecule has 45 heavy (non-hydrogen) atoms. The molecule has 0 radical (unpaired) electrons. The Bertz CT molecular complexity index is 1450. The first-order chi connectivity index (χ1) is 21.6. The van der Waals surface area contributed by atoms with E-state index in [2.05, 4.69) is 20.1 Å². The summed E-state index contributed by atoms with van der Waals surface area (Å²) in [7, 11) is 0. The van der Waals surface area contributed by atoms with Crippen LogP contribution in [0.2, 0.25) is 5.02 Å². The van der Waals surface area contributed by atoms with Gasteiger partial charge in [-0.15, -0.1) is 24.9 Å². The lowest BCUT2D eigenvalue weighted by atomic mass is 9.66. The Labute approximate surface area is 275 Å². The Morgan fingerprint density at radius 3 is 2.16 bits per heavy atom. The first kappa shape index (κ1) is 33.1. The lowest BCUT2D eigenvalue weighted by molar-refractivity contribution is -0.142. The molecule has 2 aromatic rings. The maximum absolute atomic E-state index is 14.8. The van der Waals surface area contributed by atoms with Gasteiger partial charge >= 0.3 is 0 Å². The van der Waals surface area contributed by atoms with E-state index in [1.807, 2.05) is 38.1 Å². The molecule has 240 valence electrons. The highest BCUT2D eigenvalue weighted by Gasteiger charge is 2.78. The number of benzene rings is 2. The second-order valence-corrected chi connectivity index (χ2v) is 14.4. The molecule has 1 spiro atoms. The number of halogens is 1. The van der Waals surface area contributed by atoms with Crippen LogP contribution in [0.4, 0.5) is 11.4 Å². The minimum atomic E-state index is -0.870. The van der Waals surface area contributed by atoms with E-state index >= 15 is 0 Å². The number of amides is 3. The molecule has 3 aliphatic rings. The van der Waals surface area contributed by atoms with Crippen LogP contribution in [0.25, 0.3) is 0 Å². The third-order valence-corrected chi connectivity index (χ3v) is 11.8. The molecule has 2 bridgehead atoms. The van der Waals surface area contributed by atoms with E-state index in [0.29, 0.717) is 48.0 Å². The molecule has 3 aliphatic heterocycles. The number of fused-ring (bicyclic) bond motifs is 1. The minimum absolute atomic E-state index is 0.167. The molecule has 0 aromatic heterocycles. The van der Waals surface area contributed by atoms with Crippen LogP contribution in [-0.2, 0) is 14.4 Å². The summed E-state index contributed by atoms with van der Waals surface area (Å²) in [5.41, 5.74) is 1.32. The van der Waals surface area contributed by atoms with Crippen molar-refractivity contribution in [3.8, 4) is 5.75 Å². The number of aliphatic hydroxyl groups is 1. The third-order valence-electron chi connectivity index (χ3n) is 9.54. The van der Waals surface area contributed by atoms with Gasteiger partial charge in [0, 0.05) is 34.2 Å². The zero-order valence-corrected chi connectivity index (χ0v) is 27.7. The third kappa shape index (κ3) is 5.57. The number of carbonyl (C=O) groups is 3. The highest BCUT2D eigenvalue weighted by molar-refractivity contribution is 8.02. The van der Waals surface area contributed by atoms with Crippen LogP contribution in [0, 0.1) is 11.8 Å². The summed E-state index contributed by atoms with van der Waals surface area (Å²) < 4.78 is 4.21. The van der Waals surface area contributed by atoms with Crippen LogP contribution < -0.4 is 14.5 Å². The summed E-state index contributed by atoms with van der Waals surface area (Å²) in [6.07, 6.45) is 5.09. The van der Waals surface area contributed by atoms with Crippen molar-refractivity contribution in [2.75, 3.05) is 36.1 Å². The van der Waals surface area contributed by atoms with Crippen molar-refractivity contribution < 1.29 is 24.2 Å². The van der Waals surface area contributed by atoms with Gasteiger partial charge in [0.1, 0.15) is 11.8 Å². The number of likely N-dealkylation sites (tertiary alicyclic amines) is 1. The van der Waals surface area contributed by atoms with E-state index in [9.17, 15) is 19.5 Å². The van der Waals surface area contributed by atoms with Gasteiger partial charge in [-0.3, -0.25) is 14.4 Å². The summed E-state index contributed by atoms with van der Waals surface area (Å²) in [5.74, 6) is -1.36. The number of hydrogen-bond donors (Lipinski definition) is 1. The molecule has 1 N–H and O–H groups in total. The average Bonchev–Trinajstić information content (AvgIpc) is 3.61. The van der Waals surface area contributed by atoms with Crippen LogP contribution in [0.1, 0.15) is 40.0 Å². The Morgan fingerprint density at radius 1 is 1.04 bits per heavy atom. The van der Waals surface area contributed by atoms with Crippen molar-refractivity contribution in [2.45, 2.75) is 61.6 Å². The standard InChI is InChI=1S/C35H42ClN3O5S/c1-6-20-37(26-14-16-27(17-15-26)44-9-4)31(41)28-29-32(42)39(24(8-3)22-40)30(35(29)19-18-34(28,5)45-35)33(43)38(21-7-2)25-12-10-23(36)11-13-25/h6-7,10-17,24,28-30,40H,1-2,8-9,18-22H2,3-5H3/t24-,28-,29-,30?,34+,35?/m0/s1. The van der Waals surface area contributed by atoms with Gasteiger partial charge in [-0.2, -0.15) is 0 Å². The van der Waals surface area contributed by atoms with Gasteiger partial charge < -0.3 is 24.5 Å². The van der Waals surface area contributed by atoms with Gasteiger partial charge in [-0.1, -0.05) is 30.7 Å². The van der Waals surface area contributed by atoms with Crippen molar-refractivity contribution in [1.29, 1.82) is 0 Å². The Balaban J connectivity index is 1.59. The number of ether oxygens (including phenoxy) is 1. The molecule has 10 heteroatoms. The number of thioether (sulfide) groups is 1. The van der Waals surface area contributed by atoms with Crippen molar-refractivity contribution in [3.63, 3.8) is 0 Å². The molecule has 3 heterocycles. The van der Waals surface area contributed by atoms with Crippen molar-refractivity contribution in [3.05, 3.63) is 78.9 Å². The van der Waals surface area contributed by atoms with Gasteiger partial charge in [0.15, 0.2) is 0 Å². The van der Waals surface area contributed by atoms with Crippen molar-refractivity contribution in [1.82, 2.24) is 4.90 Å². The number of rotatable bonds is 13. The fourth-order valence-corrected chi connectivity index (χ4v) is 10.0. The number of hydrogen-bond acceptors (Lipinski definition) is 6. The normalized spacial score (nSPS) is 27.2. The van der Waals surface area contributed by atoms with Crippen LogP contribution in [0.15, 0.2) is 73.8 Å². The second kappa shape index (κ2) is 13.2. The van der Waals surface area contributed by atoms with Crippen molar-refractivity contribution in [2.24, 2.45) is 11.8 Å². The smallest absolute Gasteiger partial charge is 0.251 e. The fraction of sp³-hybridized carbons (Fsp3) is 0.457. The molecule has 2 aromatic carbocycles. The van der Waals surface area contributed by atoms with Gasteiger partial charge in [0.25, 0.3) is 5.91 Å². The molecule has 3 saturated heterocycles. The summed E-state index contributed by atoms with van der Waals surface area (Å²) >= 11 is 7.78. The molecule has 2 unspecified atom stereocenters. The summed E-state index contributed by atoms with van der Waals surface area (Å²) in [6, 6.07) is 12.9. The number of aliphatic hydroxyl groups excluding tert-OH is 1. The molecular weight excluding hydrogens is 610 g/mol. The zero-order chi connectivity index (χ0) is 32.5. The minimum Gasteiger partial charge on any atom is -0.494 e. The molecular formula is C35H42ClN3O5S.